The molecule has 10 heavy (non-hydrogen) atoms. The first-order chi connectivity index (χ1) is 4.77. The van der Waals surface area contributed by atoms with Crippen LogP contribution >= 0.6 is 0 Å². The van der Waals surface area contributed by atoms with Crippen molar-refractivity contribution in [2.75, 3.05) is 7.11 Å². The first-order valence-corrected chi connectivity index (χ1v) is 6.97. The maximum atomic E-state index is 5.59. The van der Waals surface area contributed by atoms with Crippen molar-refractivity contribution in [3.05, 3.63) is 0 Å². The van der Waals surface area contributed by atoms with Gasteiger partial charge in [0.25, 0.3) is 0 Å². The fourth-order valence-electron chi connectivity index (χ4n) is 0.766. The van der Waals surface area contributed by atoms with Crippen LogP contribution in [0.5, 0.6) is 0 Å². The van der Waals surface area contributed by atoms with Crippen LogP contribution in [0.25, 0.3) is 0 Å². The van der Waals surface area contributed by atoms with Crippen LogP contribution in [0.15, 0.2) is 0 Å². The zero-order valence-corrected chi connectivity index (χ0v) is 9.75. The first kappa shape index (κ1) is 10.7. The normalized spacial score (nSPS) is 13.5. The molecular formula is C7H17NOSn. The second-order valence-electron chi connectivity index (χ2n) is 2.57. The second kappa shape index (κ2) is 7.82. The third kappa shape index (κ3) is 8.72. The molecule has 3 heteroatoms. The van der Waals surface area contributed by atoms with Gasteiger partial charge in [-0.3, -0.25) is 0 Å². The molecule has 0 saturated heterocycles. The van der Waals surface area contributed by atoms with Crippen LogP contribution in [0.4, 0.5) is 0 Å². The fourth-order valence-corrected chi connectivity index (χ4v) is 2.47. The summed E-state index contributed by atoms with van der Waals surface area (Å²) in [5.74, 6) is 0. The van der Waals surface area contributed by atoms with Crippen LogP contribution in [0, 0.1) is 0 Å². The summed E-state index contributed by atoms with van der Waals surface area (Å²) in [6, 6.07) is 0.382. The van der Waals surface area contributed by atoms with E-state index in [-0.39, 0.29) is 0 Å². The second-order valence-corrected chi connectivity index (χ2v) is 5.99. The van der Waals surface area contributed by atoms with E-state index in [2.05, 4.69) is 6.92 Å². The van der Waals surface area contributed by atoms with Crippen LogP contribution in [-0.2, 0) is 3.07 Å². The fraction of sp³-hybridized carbons (Fsp3) is 1.00. The number of unbranched alkanes of at least 4 members (excludes halogenated alkanes) is 1. The molecule has 0 heterocycles. The summed E-state index contributed by atoms with van der Waals surface area (Å²) < 4.78 is 6.43. The van der Waals surface area contributed by atoms with Gasteiger partial charge in [0.15, 0.2) is 0 Å². The molecule has 1 unspecified atom stereocenters. The van der Waals surface area contributed by atoms with Gasteiger partial charge in [0.05, 0.1) is 0 Å². The molecule has 0 amide bonds. The Labute approximate surface area is 74.3 Å². The van der Waals surface area contributed by atoms with E-state index in [1.165, 1.54) is 23.7 Å². The molecule has 0 fully saturated rings. The van der Waals surface area contributed by atoms with E-state index in [0.29, 0.717) is 6.04 Å². The van der Waals surface area contributed by atoms with Crippen LogP contribution in [0.3, 0.4) is 0 Å². The maximum absolute atomic E-state index is 5.59. The number of hydrogen-bond acceptors (Lipinski definition) is 2. The number of nitrogens with two attached hydrogens (primary N) is 1. The SMILES string of the molecule is C[O][Sn][CH2]CCCC(C)N. The van der Waals surface area contributed by atoms with Gasteiger partial charge in [-0.2, -0.15) is 0 Å². The summed E-state index contributed by atoms with van der Waals surface area (Å²) in [5, 5.41) is 0. The Morgan fingerprint density at radius 3 is 2.70 bits per heavy atom. The van der Waals surface area contributed by atoms with Crippen molar-refractivity contribution in [2.24, 2.45) is 5.73 Å². The predicted molar refractivity (Wildman–Crippen MR) is 45.1 cm³/mol. The summed E-state index contributed by atoms with van der Waals surface area (Å²) >= 11 is -0.400. The third-order valence-corrected chi connectivity index (χ3v) is 3.75. The average molecular weight is 250 g/mol. The van der Waals surface area contributed by atoms with E-state index < -0.39 is 21.6 Å². The van der Waals surface area contributed by atoms with Gasteiger partial charge in [0.2, 0.25) is 0 Å². The predicted octanol–water partition coefficient (Wildman–Crippen LogP) is 1.19. The molecule has 0 saturated carbocycles. The molecule has 0 aliphatic carbocycles. The Morgan fingerprint density at radius 2 is 2.20 bits per heavy atom. The van der Waals surface area contributed by atoms with Crippen LogP contribution in [0.2, 0.25) is 4.44 Å². The molecule has 0 spiro atoms. The minimum atomic E-state index is -0.400. The molecule has 60 valence electrons. The molecule has 1 atom stereocenters. The molecule has 0 aliphatic rings. The van der Waals surface area contributed by atoms with E-state index in [1.54, 1.807) is 0 Å². The van der Waals surface area contributed by atoms with Crippen LogP contribution in [-0.4, -0.2) is 34.7 Å². The molecule has 0 aromatic heterocycles. The average Bonchev–Trinajstić information content (AvgIpc) is 1.87. The summed E-state index contributed by atoms with van der Waals surface area (Å²) in [7, 11) is 1.82. The Kier molecular flexibility index (Phi) is 8.38. The van der Waals surface area contributed by atoms with E-state index in [9.17, 15) is 0 Å². The van der Waals surface area contributed by atoms with Crippen molar-refractivity contribution < 1.29 is 3.07 Å². The molecule has 0 bridgehead atoms. The van der Waals surface area contributed by atoms with Gasteiger partial charge in [0.1, 0.15) is 0 Å². The van der Waals surface area contributed by atoms with Crippen molar-refractivity contribution in [2.45, 2.75) is 36.7 Å². The van der Waals surface area contributed by atoms with E-state index in [0.717, 1.165) is 0 Å². The van der Waals surface area contributed by atoms with Gasteiger partial charge >= 0.3 is 74.1 Å². The van der Waals surface area contributed by atoms with E-state index >= 15 is 0 Å². The third-order valence-electron chi connectivity index (χ3n) is 1.33. The summed E-state index contributed by atoms with van der Waals surface area (Å²) in [5.41, 5.74) is 5.59. The van der Waals surface area contributed by atoms with Crippen molar-refractivity contribution in [3.63, 3.8) is 0 Å². The van der Waals surface area contributed by atoms with Gasteiger partial charge in [-0.05, 0) is 0 Å². The molecule has 0 aromatic carbocycles. The standard InChI is InChI=1S/C6H14N.CH3O.Sn/c1-3-4-5-6(2)7;1-2;/h6H,1,3-5,7H2,2H3;1H3;/q;-1;+1. The van der Waals surface area contributed by atoms with E-state index in [1.807, 2.05) is 7.11 Å². The van der Waals surface area contributed by atoms with Gasteiger partial charge in [0, 0.05) is 0 Å². The molecule has 2 nitrogen and oxygen atoms in total. The first-order valence-electron chi connectivity index (χ1n) is 3.78. The summed E-state index contributed by atoms with van der Waals surface area (Å²) in [4.78, 5) is 0. The van der Waals surface area contributed by atoms with Gasteiger partial charge < -0.3 is 0 Å². The van der Waals surface area contributed by atoms with Gasteiger partial charge in [-0.15, -0.1) is 0 Å². The van der Waals surface area contributed by atoms with Crippen molar-refractivity contribution in [1.82, 2.24) is 0 Å². The Balaban J connectivity index is 2.77. The van der Waals surface area contributed by atoms with Gasteiger partial charge in [-0.25, -0.2) is 0 Å². The zero-order chi connectivity index (χ0) is 7.82. The summed E-state index contributed by atoms with van der Waals surface area (Å²) in [6.07, 6.45) is 3.77. The van der Waals surface area contributed by atoms with Crippen molar-refractivity contribution in [3.8, 4) is 0 Å². The van der Waals surface area contributed by atoms with Gasteiger partial charge in [-0.1, -0.05) is 0 Å². The number of hydrogen-bond donors (Lipinski definition) is 1. The van der Waals surface area contributed by atoms with E-state index in [4.69, 9.17) is 8.81 Å². The monoisotopic (exact) mass is 251 g/mol. The van der Waals surface area contributed by atoms with Crippen LogP contribution in [0.1, 0.15) is 26.2 Å². The van der Waals surface area contributed by atoms with Crippen molar-refractivity contribution >= 4 is 21.6 Å². The minimum absolute atomic E-state index is 0.382. The quantitative estimate of drug-likeness (QED) is 0.567. The summed E-state index contributed by atoms with van der Waals surface area (Å²) in [6.45, 7) is 2.07. The Bertz CT molecular complexity index is 68.6. The number of rotatable bonds is 6. The zero-order valence-electron chi connectivity index (χ0n) is 6.89. The molecular weight excluding hydrogens is 233 g/mol. The molecule has 0 aliphatic heterocycles. The molecule has 0 aromatic rings. The topological polar surface area (TPSA) is 35.2 Å². The van der Waals surface area contributed by atoms with Crippen LogP contribution < -0.4 is 5.73 Å². The van der Waals surface area contributed by atoms with Crippen molar-refractivity contribution in [1.29, 1.82) is 0 Å². The molecule has 2 radical (unpaired) electrons. The Morgan fingerprint density at radius 1 is 1.50 bits per heavy atom. The molecule has 0 rings (SSSR count). The molecule has 2 N–H and O–H groups in total. The Hall–Kier alpha value is 0.719.